The van der Waals surface area contributed by atoms with Gasteiger partial charge in [0.1, 0.15) is 0 Å². The number of hydrogen-bond donors (Lipinski definition) is 2. The summed E-state index contributed by atoms with van der Waals surface area (Å²) in [5, 5.41) is 6.93. The van der Waals surface area contributed by atoms with E-state index in [9.17, 15) is 4.79 Å². The van der Waals surface area contributed by atoms with Crippen molar-refractivity contribution in [3.05, 3.63) is 11.1 Å². The molecule has 1 aliphatic rings. The summed E-state index contributed by atoms with van der Waals surface area (Å²) >= 11 is 1.60. The van der Waals surface area contributed by atoms with E-state index in [1.807, 2.05) is 6.20 Å². The predicted octanol–water partition coefficient (Wildman–Crippen LogP) is 2.61. The molecule has 1 saturated heterocycles. The minimum atomic E-state index is -0.0232. The number of carbonyl (C=O) groups is 1. The van der Waals surface area contributed by atoms with Crippen LogP contribution in [0.3, 0.4) is 0 Å². The highest BCUT2D eigenvalue weighted by molar-refractivity contribution is 7.15. The fourth-order valence-corrected chi connectivity index (χ4v) is 3.31. The third-order valence-electron chi connectivity index (χ3n) is 3.44. The number of ether oxygens (including phenoxy) is 1. The monoisotopic (exact) mass is 311 g/mol. The summed E-state index contributed by atoms with van der Waals surface area (Å²) < 4.78 is 5.42. The summed E-state index contributed by atoms with van der Waals surface area (Å²) in [4.78, 5) is 17.4. The normalized spacial score (nSPS) is 16.3. The lowest BCUT2D eigenvalue weighted by Gasteiger charge is -2.20. The van der Waals surface area contributed by atoms with E-state index in [1.54, 1.807) is 11.3 Å². The van der Waals surface area contributed by atoms with Crippen LogP contribution in [0.25, 0.3) is 0 Å². The van der Waals surface area contributed by atoms with Crippen LogP contribution in [0.15, 0.2) is 6.20 Å². The van der Waals surface area contributed by atoms with E-state index in [4.69, 9.17) is 4.74 Å². The van der Waals surface area contributed by atoms with E-state index in [2.05, 4.69) is 29.5 Å². The number of amides is 1. The molecule has 118 valence electrons. The van der Waals surface area contributed by atoms with Crippen LogP contribution in [0, 0.1) is 5.92 Å². The Bertz CT molecular complexity index is 442. The molecule has 0 spiro atoms. The maximum atomic E-state index is 11.8. The number of thiazole rings is 1. The highest BCUT2D eigenvalue weighted by Crippen LogP contribution is 2.31. The van der Waals surface area contributed by atoms with Gasteiger partial charge in [0.25, 0.3) is 0 Å². The summed E-state index contributed by atoms with van der Waals surface area (Å²) in [6.45, 7) is 7.49. The van der Waals surface area contributed by atoms with E-state index >= 15 is 0 Å². The first-order valence-corrected chi connectivity index (χ1v) is 8.51. The molecule has 2 rings (SSSR count). The number of aromatic nitrogens is 1. The molecule has 0 bridgehead atoms. The van der Waals surface area contributed by atoms with Crippen LogP contribution in [0.2, 0.25) is 0 Å². The average molecular weight is 311 g/mol. The minimum absolute atomic E-state index is 0.0232. The molecule has 0 aromatic carbocycles. The SMILES string of the molecule is CC(C)COCCC(=O)Nc1ncc(C2CCNCC2)s1. The molecule has 0 radical (unpaired) electrons. The van der Waals surface area contributed by atoms with Crippen molar-refractivity contribution >= 4 is 22.4 Å². The van der Waals surface area contributed by atoms with Gasteiger partial charge in [0, 0.05) is 17.7 Å². The Labute approximate surface area is 130 Å². The Hall–Kier alpha value is -0.980. The smallest absolute Gasteiger partial charge is 0.228 e. The lowest BCUT2D eigenvalue weighted by atomic mass is 9.97. The average Bonchev–Trinajstić information content (AvgIpc) is 2.93. The molecule has 2 N–H and O–H groups in total. The number of piperidine rings is 1. The number of rotatable bonds is 7. The molecule has 1 amide bonds. The zero-order chi connectivity index (χ0) is 15.1. The summed E-state index contributed by atoms with van der Waals surface area (Å²) in [6, 6.07) is 0. The highest BCUT2D eigenvalue weighted by atomic mass is 32.1. The third kappa shape index (κ3) is 5.73. The molecule has 0 atom stereocenters. The van der Waals surface area contributed by atoms with E-state index in [0.717, 1.165) is 25.9 Å². The van der Waals surface area contributed by atoms with Gasteiger partial charge in [0.05, 0.1) is 13.0 Å². The third-order valence-corrected chi connectivity index (χ3v) is 4.51. The second-order valence-electron chi connectivity index (χ2n) is 5.86. The van der Waals surface area contributed by atoms with Crippen molar-refractivity contribution in [2.75, 3.05) is 31.6 Å². The highest BCUT2D eigenvalue weighted by Gasteiger charge is 2.18. The zero-order valence-corrected chi connectivity index (χ0v) is 13.7. The molecule has 21 heavy (non-hydrogen) atoms. The summed E-state index contributed by atoms with van der Waals surface area (Å²) in [5.74, 6) is 1.06. The molecular weight excluding hydrogens is 286 g/mol. The molecular formula is C15H25N3O2S. The number of nitrogens with zero attached hydrogens (tertiary/aromatic N) is 1. The second kappa shape index (κ2) is 8.46. The number of anilines is 1. The Morgan fingerprint density at radius 3 is 3.00 bits per heavy atom. The van der Waals surface area contributed by atoms with Crippen LogP contribution >= 0.6 is 11.3 Å². The van der Waals surface area contributed by atoms with Crippen molar-refractivity contribution in [1.82, 2.24) is 10.3 Å². The van der Waals surface area contributed by atoms with E-state index < -0.39 is 0 Å². The Morgan fingerprint density at radius 1 is 1.52 bits per heavy atom. The van der Waals surface area contributed by atoms with Gasteiger partial charge in [-0.2, -0.15) is 0 Å². The van der Waals surface area contributed by atoms with Gasteiger partial charge >= 0.3 is 0 Å². The summed E-state index contributed by atoms with van der Waals surface area (Å²) in [6.07, 6.45) is 4.59. The van der Waals surface area contributed by atoms with Crippen LogP contribution in [0.5, 0.6) is 0 Å². The molecule has 2 heterocycles. The van der Waals surface area contributed by atoms with Crippen LogP contribution in [-0.2, 0) is 9.53 Å². The number of nitrogens with one attached hydrogen (secondary N) is 2. The Balaban J connectivity index is 1.72. The molecule has 1 aliphatic heterocycles. The zero-order valence-electron chi connectivity index (χ0n) is 12.9. The first-order valence-electron chi connectivity index (χ1n) is 7.69. The van der Waals surface area contributed by atoms with E-state index in [0.29, 0.717) is 36.6 Å². The number of carbonyl (C=O) groups excluding carboxylic acids is 1. The van der Waals surface area contributed by atoms with Crippen molar-refractivity contribution in [3.63, 3.8) is 0 Å². The topological polar surface area (TPSA) is 63.2 Å². The molecule has 0 saturated carbocycles. The summed E-state index contributed by atoms with van der Waals surface area (Å²) in [5.41, 5.74) is 0. The van der Waals surface area contributed by atoms with Crippen LogP contribution in [-0.4, -0.2) is 37.2 Å². The van der Waals surface area contributed by atoms with E-state index in [-0.39, 0.29) is 5.91 Å². The maximum absolute atomic E-state index is 11.8. The maximum Gasteiger partial charge on any atom is 0.228 e. The van der Waals surface area contributed by atoms with Crippen molar-refractivity contribution in [1.29, 1.82) is 0 Å². The van der Waals surface area contributed by atoms with Gasteiger partial charge in [-0.3, -0.25) is 4.79 Å². The first kappa shape index (κ1) is 16.4. The van der Waals surface area contributed by atoms with Crippen molar-refractivity contribution in [2.24, 2.45) is 5.92 Å². The van der Waals surface area contributed by atoms with Crippen molar-refractivity contribution < 1.29 is 9.53 Å². The Morgan fingerprint density at radius 2 is 2.29 bits per heavy atom. The van der Waals surface area contributed by atoms with Crippen molar-refractivity contribution in [3.8, 4) is 0 Å². The lowest BCUT2D eigenvalue weighted by Crippen LogP contribution is -2.26. The summed E-state index contributed by atoms with van der Waals surface area (Å²) in [7, 11) is 0. The molecule has 1 aromatic heterocycles. The molecule has 6 heteroatoms. The van der Waals surface area contributed by atoms with Gasteiger partial charge < -0.3 is 15.4 Å². The van der Waals surface area contributed by atoms with Gasteiger partial charge in [0.15, 0.2) is 5.13 Å². The Kier molecular flexibility index (Phi) is 6.60. The van der Waals surface area contributed by atoms with E-state index in [1.165, 1.54) is 4.88 Å². The van der Waals surface area contributed by atoms with Gasteiger partial charge in [0.2, 0.25) is 5.91 Å². The van der Waals surface area contributed by atoms with Crippen LogP contribution in [0.4, 0.5) is 5.13 Å². The van der Waals surface area contributed by atoms with Gasteiger partial charge in [-0.1, -0.05) is 13.8 Å². The quantitative estimate of drug-likeness (QED) is 0.760. The van der Waals surface area contributed by atoms with Crippen LogP contribution in [0.1, 0.15) is 43.9 Å². The lowest BCUT2D eigenvalue weighted by molar-refractivity contribution is -0.117. The molecule has 5 nitrogen and oxygen atoms in total. The van der Waals surface area contributed by atoms with Gasteiger partial charge in [-0.15, -0.1) is 11.3 Å². The largest absolute Gasteiger partial charge is 0.381 e. The standard InChI is InChI=1S/C15H25N3O2S/c1-11(2)10-20-8-5-14(19)18-15-17-9-13(21-15)12-3-6-16-7-4-12/h9,11-12,16H,3-8,10H2,1-2H3,(H,17,18,19). The minimum Gasteiger partial charge on any atom is -0.381 e. The fourth-order valence-electron chi connectivity index (χ4n) is 2.31. The molecule has 0 aliphatic carbocycles. The molecule has 1 fully saturated rings. The number of hydrogen-bond acceptors (Lipinski definition) is 5. The van der Waals surface area contributed by atoms with Crippen LogP contribution < -0.4 is 10.6 Å². The molecule has 1 aromatic rings. The molecule has 0 unspecified atom stereocenters. The van der Waals surface area contributed by atoms with Gasteiger partial charge in [-0.05, 0) is 37.8 Å². The van der Waals surface area contributed by atoms with Crippen molar-refractivity contribution in [2.45, 2.75) is 39.0 Å². The fraction of sp³-hybridized carbons (Fsp3) is 0.733. The van der Waals surface area contributed by atoms with Gasteiger partial charge in [-0.25, -0.2) is 4.98 Å². The second-order valence-corrected chi connectivity index (χ2v) is 6.92. The predicted molar refractivity (Wildman–Crippen MR) is 85.9 cm³/mol. The first-order chi connectivity index (χ1) is 10.1.